The summed E-state index contributed by atoms with van der Waals surface area (Å²) in [5.74, 6) is -2.48. The molecule has 5 N–H and O–H groups in total. The summed E-state index contributed by atoms with van der Waals surface area (Å²) in [7, 11) is 1.45. The van der Waals surface area contributed by atoms with Crippen LogP contribution in [-0.2, 0) is 14.4 Å². The van der Waals surface area contributed by atoms with Gasteiger partial charge in [0.05, 0.1) is 19.2 Å². The standard InChI is InChI=1S/C21H23N5O5/c1-12-4-9-17(31-3)16(10-12)24-20(29)21(30)26-25-13(2)11-18(27)23-15-7-5-14(6-8-15)19(22)28/h4-10H,11H2,1-3H3,(H2,22,28)(H,23,27)(H,24,29)(H,26,30)/b25-13-. The molecule has 10 nitrogen and oxygen atoms in total. The van der Waals surface area contributed by atoms with E-state index in [1.165, 1.54) is 38.3 Å². The third-order valence-electron chi connectivity index (χ3n) is 4.03. The number of primary amides is 1. The Labute approximate surface area is 178 Å². The minimum absolute atomic E-state index is 0.120. The predicted molar refractivity (Wildman–Crippen MR) is 116 cm³/mol. The average molecular weight is 425 g/mol. The number of benzene rings is 2. The molecule has 0 fully saturated rings. The molecule has 0 atom stereocenters. The van der Waals surface area contributed by atoms with Crippen LogP contribution in [0.5, 0.6) is 5.75 Å². The molecule has 162 valence electrons. The number of ether oxygens (including phenoxy) is 1. The highest BCUT2D eigenvalue weighted by Gasteiger charge is 2.16. The number of hydrazone groups is 1. The maximum atomic E-state index is 12.1. The lowest BCUT2D eigenvalue weighted by atomic mass is 10.2. The first kappa shape index (κ1) is 23.1. The number of anilines is 2. The topological polar surface area (TPSA) is 152 Å². The summed E-state index contributed by atoms with van der Waals surface area (Å²) in [5.41, 5.74) is 9.57. The van der Waals surface area contributed by atoms with E-state index in [-0.39, 0.29) is 12.1 Å². The molecule has 2 aromatic carbocycles. The molecule has 0 unspecified atom stereocenters. The molecule has 10 heteroatoms. The maximum Gasteiger partial charge on any atom is 0.329 e. The number of nitrogens with two attached hydrogens (primary N) is 1. The Morgan fingerprint density at radius 2 is 1.68 bits per heavy atom. The van der Waals surface area contributed by atoms with Crippen molar-refractivity contribution >= 4 is 40.7 Å². The van der Waals surface area contributed by atoms with Gasteiger partial charge in [0, 0.05) is 17.0 Å². The van der Waals surface area contributed by atoms with E-state index in [2.05, 4.69) is 21.2 Å². The van der Waals surface area contributed by atoms with Crippen LogP contribution >= 0.6 is 0 Å². The van der Waals surface area contributed by atoms with Crippen LogP contribution < -0.4 is 26.5 Å². The Kier molecular flexibility index (Phi) is 7.84. The van der Waals surface area contributed by atoms with Crippen LogP contribution in [0.3, 0.4) is 0 Å². The van der Waals surface area contributed by atoms with E-state index in [9.17, 15) is 19.2 Å². The largest absolute Gasteiger partial charge is 0.495 e. The first-order valence-electron chi connectivity index (χ1n) is 9.18. The lowest BCUT2D eigenvalue weighted by Gasteiger charge is -2.10. The summed E-state index contributed by atoms with van der Waals surface area (Å²) in [5, 5.41) is 8.85. The number of carbonyl (C=O) groups is 4. The second-order valence-electron chi connectivity index (χ2n) is 6.61. The highest BCUT2D eigenvalue weighted by Crippen LogP contribution is 2.25. The van der Waals surface area contributed by atoms with E-state index in [1.54, 1.807) is 18.2 Å². The zero-order valence-electron chi connectivity index (χ0n) is 17.3. The summed E-state index contributed by atoms with van der Waals surface area (Å²) in [6.07, 6.45) is -0.120. The van der Waals surface area contributed by atoms with Crippen molar-refractivity contribution in [1.29, 1.82) is 0 Å². The highest BCUT2D eigenvalue weighted by molar-refractivity contribution is 6.39. The number of methoxy groups -OCH3 is 1. The Morgan fingerprint density at radius 1 is 1.00 bits per heavy atom. The molecule has 31 heavy (non-hydrogen) atoms. The normalized spacial score (nSPS) is 10.7. The minimum Gasteiger partial charge on any atom is -0.495 e. The fourth-order valence-electron chi connectivity index (χ4n) is 2.49. The van der Waals surface area contributed by atoms with Crippen molar-refractivity contribution in [2.45, 2.75) is 20.3 Å². The Morgan fingerprint density at radius 3 is 2.29 bits per heavy atom. The van der Waals surface area contributed by atoms with Gasteiger partial charge in [0.2, 0.25) is 11.8 Å². The number of aryl methyl sites for hydroxylation is 1. The lowest BCUT2D eigenvalue weighted by Crippen LogP contribution is -2.33. The zero-order valence-corrected chi connectivity index (χ0v) is 17.3. The molecule has 0 heterocycles. The SMILES string of the molecule is COc1ccc(C)cc1NC(=O)C(=O)N/N=C(/C)CC(=O)Nc1ccc(C(N)=O)cc1. The van der Waals surface area contributed by atoms with E-state index in [0.717, 1.165) is 5.56 Å². The van der Waals surface area contributed by atoms with Crippen molar-refractivity contribution in [2.24, 2.45) is 10.8 Å². The zero-order chi connectivity index (χ0) is 23.0. The second-order valence-corrected chi connectivity index (χ2v) is 6.61. The second kappa shape index (κ2) is 10.5. The van der Waals surface area contributed by atoms with Crippen LogP contribution in [0.4, 0.5) is 11.4 Å². The molecule has 2 rings (SSSR count). The molecule has 0 spiro atoms. The van der Waals surface area contributed by atoms with Crippen molar-refractivity contribution in [3.8, 4) is 5.75 Å². The summed E-state index contributed by atoms with van der Waals surface area (Å²) < 4.78 is 5.15. The smallest absolute Gasteiger partial charge is 0.329 e. The van der Waals surface area contributed by atoms with Gasteiger partial charge in [-0.1, -0.05) is 6.07 Å². The fraction of sp³-hybridized carbons (Fsp3) is 0.190. The third kappa shape index (κ3) is 6.96. The number of hydrogen-bond donors (Lipinski definition) is 4. The molecule has 0 saturated carbocycles. The summed E-state index contributed by atoms with van der Waals surface area (Å²) in [6.45, 7) is 3.36. The summed E-state index contributed by atoms with van der Waals surface area (Å²) in [4.78, 5) is 47.2. The highest BCUT2D eigenvalue weighted by atomic mass is 16.5. The van der Waals surface area contributed by atoms with E-state index in [0.29, 0.717) is 22.7 Å². The number of nitrogens with one attached hydrogen (secondary N) is 3. The number of rotatable bonds is 7. The van der Waals surface area contributed by atoms with E-state index in [4.69, 9.17) is 10.5 Å². The molecule has 0 aromatic heterocycles. The minimum atomic E-state index is -0.995. The molecule has 0 aliphatic heterocycles. The van der Waals surface area contributed by atoms with Gasteiger partial charge < -0.3 is 21.1 Å². The van der Waals surface area contributed by atoms with Gasteiger partial charge in [0.15, 0.2) is 0 Å². The van der Waals surface area contributed by atoms with Gasteiger partial charge in [-0.15, -0.1) is 0 Å². The van der Waals surface area contributed by atoms with E-state index < -0.39 is 23.6 Å². The maximum absolute atomic E-state index is 12.1. The van der Waals surface area contributed by atoms with E-state index >= 15 is 0 Å². The number of carbonyl (C=O) groups excluding carboxylic acids is 4. The Balaban J connectivity index is 1.88. The van der Waals surface area contributed by atoms with Crippen molar-refractivity contribution in [2.75, 3.05) is 17.7 Å². The molecule has 0 radical (unpaired) electrons. The van der Waals surface area contributed by atoms with Gasteiger partial charge in [-0.3, -0.25) is 19.2 Å². The van der Waals surface area contributed by atoms with Gasteiger partial charge in [-0.25, -0.2) is 5.43 Å². The lowest BCUT2D eigenvalue weighted by molar-refractivity contribution is -0.136. The van der Waals surface area contributed by atoms with Crippen LogP contribution in [0.1, 0.15) is 29.3 Å². The molecule has 0 saturated heterocycles. The van der Waals surface area contributed by atoms with Gasteiger partial charge in [-0.2, -0.15) is 5.10 Å². The van der Waals surface area contributed by atoms with Crippen LogP contribution in [0.15, 0.2) is 47.6 Å². The average Bonchev–Trinajstić information content (AvgIpc) is 2.72. The first-order chi connectivity index (χ1) is 14.7. The third-order valence-corrected chi connectivity index (χ3v) is 4.03. The molecule has 2 aromatic rings. The summed E-state index contributed by atoms with van der Waals surface area (Å²) >= 11 is 0. The van der Waals surface area contributed by atoms with Gasteiger partial charge >= 0.3 is 11.8 Å². The monoisotopic (exact) mass is 425 g/mol. The molecular weight excluding hydrogens is 402 g/mol. The summed E-state index contributed by atoms with van der Waals surface area (Å²) in [6, 6.07) is 11.2. The van der Waals surface area contributed by atoms with Crippen LogP contribution in [0, 0.1) is 6.92 Å². The molecule has 0 aliphatic carbocycles. The molecular formula is C21H23N5O5. The fourth-order valence-corrected chi connectivity index (χ4v) is 2.49. The van der Waals surface area contributed by atoms with Crippen LogP contribution in [0.2, 0.25) is 0 Å². The van der Waals surface area contributed by atoms with Gasteiger partial charge in [-0.05, 0) is 55.8 Å². The van der Waals surface area contributed by atoms with Crippen molar-refractivity contribution in [3.05, 3.63) is 53.6 Å². The number of hydrogen-bond acceptors (Lipinski definition) is 6. The molecule has 0 aliphatic rings. The van der Waals surface area contributed by atoms with Crippen molar-refractivity contribution < 1.29 is 23.9 Å². The number of nitrogens with zero attached hydrogens (tertiary/aromatic N) is 1. The number of amides is 4. The quantitative estimate of drug-likeness (QED) is 0.301. The van der Waals surface area contributed by atoms with Crippen molar-refractivity contribution in [1.82, 2.24) is 5.43 Å². The van der Waals surface area contributed by atoms with E-state index in [1.807, 2.05) is 6.92 Å². The van der Waals surface area contributed by atoms with Gasteiger partial charge in [0.1, 0.15) is 5.75 Å². The molecule has 4 amide bonds. The Bertz CT molecular complexity index is 1030. The van der Waals surface area contributed by atoms with Crippen LogP contribution in [0.25, 0.3) is 0 Å². The molecule has 0 bridgehead atoms. The van der Waals surface area contributed by atoms with Crippen molar-refractivity contribution in [3.63, 3.8) is 0 Å². The van der Waals surface area contributed by atoms with Crippen LogP contribution in [-0.4, -0.2) is 36.5 Å². The Hall–Kier alpha value is -4.21. The first-order valence-corrected chi connectivity index (χ1v) is 9.18. The predicted octanol–water partition coefficient (Wildman–Crippen LogP) is 1.56. The van der Waals surface area contributed by atoms with Gasteiger partial charge in [0.25, 0.3) is 0 Å².